The molecule has 0 spiro atoms. The monoisotopic (exact) mass is 342 g/mol. The highest BCUT2D eigenvalue weighted by Crippen LogP contribution is 2.36. The van der Waals surface area contributed by atoms with Gasteiger partial charge >= 0.3 is 0 Å². The van der Waals surface area contributed by atoms with Crippen molar-refractivity contribution >= 4 is 26.7 Å². The second-order valence-electron chi connectivity index (χ2n) is 4.71. The summed E-state index contributed by atoms with van der Waals surface area (Å²) in [7, 11) is 1.91. The normalized spacial score (nSPS) is 10.8. The Kier molecular flexibility index (Phi) is 4.18. The molecule has 3 rings (SSSR count). The highest BCUT2D eigenvalue weighted by atomic mass is 79.9. The molecule has 0 fully saturated rings. The zero-order valence-electron chi connectivity index (χ0n) is 11.6. The van der Waals surface area contributed by atoms with Gasteiger partial charge in [-0.2, -0.15) is 0 Å². The van der Waals surface area contributed by atoms with E-state index in [-0.39, 0.29) is 0 Å². The first-order valence-electron chi connectivity index (χ1n) is 6.72. The van der Waals surface area contributed by atoms with Gasteiger partial charge in [-0.15, -0.1) is 0 Å². The van der Waals surface area contributed by atoms with Crippen molar-refractivity contribution in [1.29, 1.82) is 0 Å². The summed E-state index contributed by atoms with van der Waals surface area (Å²) in [5, 5.41) is 5.45. The molecule has 0 bridgehead atoms. The minimum atomic E-state index is 0.739. The van der Waals surface area contributed by atoms with Crippen LogP contribution in [-0.4, -0.2) is 12.0 Å². The maximum Gasteiger partial charge on any atom is 0.150 e. The molecule has 0 aliphatic heterocycles. The molecular formula is C17H15BrN2O. The molecule has 106 valence electrons. The fourth-order valence-electron chi connectivity index (χ4n) is 2.25. The number of hydrogen-bond acceptors (Lipinski definition) is 3. The van der Waals surface area contributed by atoms with Gasteiger partial charge in [0.15, 0.2) is 0 Å². The predicted octanol–water partition coefficient (Wildman–Crippen LogP) is 4.51. The van der Waals surface area contributed by atoms with Crippen molar-refractivity contribution in [2.24, 2.45) is 0 Å². The van der Waals surface area contributed by atoms with Gasteiger partial charge in [-0.3, -0.25) is 4.98 Å². The van der Waals surface area contributed by atoms with Gasteiger partial charge in [0.05, 0.1) is 10.7 Å². The Balaban J connectivity index is 2.00. The van der Waals surface area contributed by atoms with Crippen LogP contribution in [0.5, 0.6) is 11.5 Å². The number of halogens is 1. The molecule has 0 aliphatic carbocycles. The second kappa shape index (κ2) is 6.24. The summed E-state index contributed by atoms with van der Waals surface area (Å²) >= 11 is 3.64. The first-order valence-corrected chi connectivity index (χ1v) is 7.51. The number of nitrogens with zero attached hydrogens (tertiary/aromatic N) is 1. The average Bonchev–Trinajstić information content (AvgIpc) is 2.52. The van der Waals surface area contributed by atoms with Gasteiger partial charge in [0, 0.05) is 18.3 Å². The molecule has 3 nitrogen and oxygen atoms in total. The zero-order chi connectivity index (χ0) is 14.7. The van der Waals surface area contributed by atoms with Crippen LogP contribution in [0.25, 0.3) is 10.8 Å². The number of ether oxygens (including phenoxy) is 1. The zero-order valence-corrected chi connectivity index (χ0v) is 13.2. The van der Waals surface area contributed by atoms with Gasteiger partial charge in [0.2, 0.25) is 0 Å². The molecule has 0 saturated carbocycles. The first kappa shape index (κ1) is 14.0. The van der Waals surface area contributed by atoms with Crippen molar-refractivity contribution < 1.29 is 4.74 Å². The summed E-state index contributed by atoms with van der Waals surface area (Å²) in [6.07, 6.45) is 3.52. The van der Waals surface area contributed by atoms with Gasteiger partial charge in [-0.1, -0.05) is 30.3 Å². The van der Waals surface area contributed by atoms with Crippen molar-refractivity contribution in [2.45, 2.75) is 6.54 Å². The molecule has 21 heavy (non-hydrogen) atoms. The SMILES string of the molecule is CNCc1ccncc1Oc1ccc2ccccc2c1Br. The fraction of sp³-hybridized carbons (Fsp3) is 0.118. The summed E-state index contributed by atoms with van der Waals surface area (Å²) in [6, 6.07) is 14.2. The molecule has 2 aromatic carbocycles. The van der Waals surface area contributed by atoms with Crippen LogP contribution in [0.3, 0.4) is 0 Å². The van der Waals surface area contributed by atoms with E-state index in [4.69, 9.17) is 4.74 Å². The van der Waals surface area contributed by atoms with Gasteiger partial charge in [0.25, 0.3) is 0 Å². The van der Waals surface area contributed by atoms with Crippen molar-refractivity contribution in [3.05, 3.63) is 64.9 Å². The molecule has 3 aromatic rings. The molecule has 0 radical (unpaired) electrons. The Morgan fingerprint density at radius 2 is 1.95 bits per heavy atom. The minimum Gasteiger partial charge on any atom is -0.454 e. The van der Waals surface area contributed by atoms with E-state index in [1.807, 2.05) is 31.3 Å². The predicted molar refractivity (Wildman–Crippen MR) is 88.7 cm³/mol. The van der Waals surface area contributed by atoms with Crippen LogP contribution in [0.2, 0.25) is 0 Å². The topological polar surface area (TPSA) is 34.2 Å². The quantitative estimate of drug-likeness (QED) is 0.757. The lowest BCUT2D eigenvalue weighted by molar-refractivity contribution is 0.470. The Bertz CT molecular complexity index is 774. The van der Waals surface area contributed by atoms with Crippen molar-refractivity contribution in [2.75, 3.05) is 7.05 Å². The summed E-state index contributed by atoms with van der Waals surface area (Å²) in [4.78, 5) is 4.15. The van der Waals surface area contributed by atoms with Crippen LogP contribution >= 0.6 is 15.9 Å². The number of fused-ring (bicyclic) bond motifs is 1. The highest BCUT2D eigenvalue weighted by Gasteiger charge is 2.09. The van der Waals surface area contributed by atoms with E-state index < -0.39 is 0 Å². The maximum atomic E-state index is 6.05. The summed E-state index contributed by atoms with van der Waals surface area (Å²) in [5.41, 5.74) is 1.08. The van der Waals surface area contributed by atoms with Crippen LogP contribution < -0.4 is 10.1 Å². The van der Waals surface area contributed by atoms with Crippen molar-refractivity contribution in [1.82, 2.24) is 10.3 Å². The van der Waals surface area contributed by atoms with E-state index in [2.05, 4.69) is 44.4 Å². The molecule has 0 aliphatic rings. The summed E-state index contributed by atoms with van der Waals surface area (Å²) in [6.45, 7) is 0.739. The Labute approximate surface area is 132 Å². The number of hydrogen-bond donors (Lipinski definition) is 1. The maximum absolute atomic E-state index is 6.05. The third-order valence-corrected chi connectivity index (χ3v) is 4.10. The molecule has 0 saturated heterocycles. The Hall–Kier alpha value is -1.91. The lowest BCUT2D eigenvalue weighted by Crippen LogP contribution is -2.06. The van der Waals surface area contributed by atoms with E-state index in [0.717, 1.165) is 33.5 Å². The smallest absolute Gasteiger partial charge is 0.150 e. The number of aromatic nitrogens is 1. The van der Waals surface area contributed by atoms with Gasteiger partial charge in [-0.05, 0) is 45.9 Å². The molecule has 0 atom stereocenters. The van der Waals surface area contributed by atoms with E-state index >= 15 is 0 Å². The largest absolute Gasteiger partial charge is 0.454 e. The lowest BCUT2D eigenvalue weighted by atomic mass is 10.1. The van der Waals surface area contributed by atoms with Gasteiger partial charge in [-0.25, -0.2) is 0 Å². The van der Waals surface area contributed by atoms with E-state index in [1.165, 1.54) is 5.39 Å². The van der Waals surface area contributed by atoms with Crippen molar-refractivity contribution in [3.8, 4) is 11.5 Å². The molecule has 1 heterocycles. The number of pyridine rings is 1. The van der Waals surface area contributed by atoms with E-state index in [9.17, 15) is 0 Å². The number of benzene rings is 2. The standard InChI is InChI=1S/C17H15BrN2O/c1-19-10-13-8-9-20-11-16(13)21-15-7-6-12-4-2-3-5-14(12)17(15)18/h2-9,11,19H,10H2,1H3. The van der Waals surface area contributed by atoms with Gasteiger partial charge in [0.1, 0.15) is 11.5 Å². The van der Waals surface area contributed by atoms with Crippen LogP contribution in [0, 0.1) is 0 Å². The van der Waals surface area contributed by atoms with Gasteiger partial charge < -0.3 is 10.1 Å². The van der Waals surface area contributed by atoms with Crippen molar-refractivity contribution in [3.63, 3.8) is 0 Å². The average molecular weight is 343 g/mol. The number of nitrogens with one attached hydrogen (secondary N) is 1. The first-order chi connectivity index (χ1) is 10.3. The Morgan fingerprint density at radius 3 is 2.81 bits per heavy atom. The molecule has 1 aromatic heterocycles. The molecule has 0 amide bonds. The number of rotatable bonds is 4. The fourth-order valence-corrected chi connectivity index (χ4v) is 2.82. The summed E-state index contributed by atoms with van der Waals surface area (Å²) < 4.78 is 7.01. The van der Waals surface area contributed by atoms with Crippen LogP contribution in [0.4, 0.5) is 0 Å². The third-order valence-electron chi connectivity index (χ3n) is 3.29. The molecular weight excluding hydrogens is 328 g/mol. The van der Waals surface area contributed by atoms with Crippen LogP contribution in [-0.2, 0) is 6.54 Å². The second-order valence-corrected chi connectivity index (χ2v) is 5.51. The van der Waals surface area contributed by atoms with Crippen LogP contribution in [0.1, 0.15) is 5.56 Å². The third kappa shape index (κ3) is 2.91. The van der Waals surface area contributed by atoms with E-state index in [0.29, 0.717) is 0 Å². The van der Waals surface area contributed by atoms with Crippen LogP contribution in [0.15, 0.2) is 59.3 Å². The summed E-state index contributed by atoms with van der Waals surface area (Å²) in [5.74, 6) is 1.56. The Morgan fingerprint density at radius 1 is 1.10 bits per heavy atom. The van der Waals surface area contributed by atoms with E-state index in [1.54, 1.807) is 12.4 Å². The molecule has 1 N–H and O–H groups in total. The molecule has 4 heteroatoms. The molecule has 0 unspecified atom stereocenters. The lowest BCUT2D eigenvalue weighted by Gasteiger charge is -2.13. The minimum absolute atomic E-state index is 0.739. The highest BCUT2D eigenvalue weighted by molar-refractivity contribution is 9.10.